The summed E-state index contributed by atoms with van der Waals surface area (Å²) in [6.07, 6.45) is 0.879. The molecule has 1 fully saturated rings. The molecule has 2 aliphatic rings. The molecule has 6 nitrogen and oxygen atoms in total. The molecule has 0 radical (unpaired) electrons. The lowest BCUT2D eigenvalue weighted by atomic mass is 9.77. The number of amides is 2. The van der Waals surface area contributed by atoms with E-state index in [4.69, 9.17) is 4.74 Å². The third kappa shape index (κ3) is 3.06. The molecule has 3 aromatic carbocycles. The number of aryl methyl sites for hydroxylation is 2. The van der Waals surface area contributed by atoms with Crippen LogP contribution < -0.4 is 0 Å². The predicted octanol–water partition coefficient (Wildman–Crippen LogP) is 7.49. The first-order valence-corrected chi connectivity index (χ1v) is 14.1. The van der Waals surface area contributed by atoms with Gasteiger partial charge in [0.1, 0.15) is 6.23 Å². The van der Waals surface area contributed by atoms with Crippen molar-refractivity contribution in [3.05, 3.63) is 58.7 Å². The first-order chi connectivity index (χ1) is 18.6. The molecule has 0 bridgehead atoms. The van der Waals surface area contributed by atoms with Crippen LogP contribution in [0.2, 0.25) is 0 Å². The van der Waals surface area contributed by atoms with Crippen LogP contribution in [-0.2, 0) is 4.74 Å². The number of hydrogen-bond acceptors (Lipinski definition) is 3. The molecule has 0 spiro atoms. The number of nitrogens with one attached hydrogen (secondary N) is 1. The molecule has 4 heterocycles. The van der Waals surface area contributed by atoms with Crippen molar-refractivity contribution in [2.45, 2.75) is 60.3 Å². The average molecular weight is 522 g/mol. The molecule has 39 heavy (non-hydrogen) atoms. The summed E-state index contributed by atoms with van der Waals surface area (Å²) in [6, 6.07) is 12.6. The third-order valence-electron chi connectivity index (χ3n) is 9.80. The van der Waals surface area contributed by atoms with Gasteiger partial charge in [-0.05, 0) is 55.4 Å². The number of aromatic amines is 1. The van der Waals surface area contributed by atoms with Crippen LogP contribution in [0.1, 0.15) is 72.2 Å². The van der Waals surface area contributed by atoms with Crippen molar-refractivity contribution in [3.8, 4) is 0 Å². The summed E-state index contributed by atoms with van der Waals surface area (Å²) in [5, 5.41) is 3.61. The molecule has 2 amide bonds. The maximum Gasteiger partial charge on any atom is 0.262 e. The van der Waals surface area contributed by atoms with E-state index in [0.29, 0.717) is 23.0 Å². The lowest BCUT2D eigenvalue weighted by Crippen LogP contribution is -2.42. The van der Waals surface area contributed by atoms with Crippen LogP contribution in [0.5, 0.6) is 0 Å². The zero-order chi connectivity index (χ0) is 27.5. The number of imide groups is 1. The number of fused-ring (bicyclic) bond motifs is 10. The Morgan fingerprint density at radius 3 is 2.18 bits per heavy atom. The summed E-state index contributed by atoms with van der Waals surface area (Å²) in [5.41, 5.74) is 7.14. The molecule has 2 aromatic heterocycles. The van der Waals surface area contributed by atoms with E-state index < -0.39 is 0 Å². The van der Waals surface area contributed by atoms with Gasteiger partial charge in [0.05, 0.1) is 33.8 Å². The zero-order valence-corrected chi connectivity index (χ0v) is 23.7. The molecule has 0 saturated carbocycles. The predicted molar refractivity (Wildman–Crippen MR) is 156 cm³/mol. The van der Waals surface area contributed by atoms with E-state index in [0.717, 1.165) is 61.2 Å². The Kier molecular flexibility index (Phi) is 5.12. The van der Waals surface area contributed by atoms with Crippen LogP contribution in [0, 0.1) is 31.6 Å². The Hall–Kier alpha value is -3.64. The van der Waals surface area contributed by atoms with Crippen molar-refractivity contribution in [3.63, 3.8) is 0 Å². The normalized spacial score (nSPS) is 25.6. The molecule has 200 valence electrons. The van der Waals surface area contributed by atoms with Crippen molar-refractivity contribution in [2.24, 2.45) is 17.8 Å². The summed E-state index contributed by atoms with van der Waals surface area (Å²) < 4.78 is 9.29. The number of carbonyl (C=O) groups is 2. The Bertz CT molecular complexity index is 1870. The minimum absolute atomic E-state index is 0.142. The molecular formula is C33H35N3O3. The monoisotopic (exact) mass is 521 g/mol. The van der Waals surface area contributed by atoms with Crippen molar-refractivity contribution in [2.75, 3.05) is 7.05 Å². The molecule has 0 aliphatic carbocycles. The van der Waals surface area contributed by atoms with E-state index in [9.17, 15) is 9.59 Å². The van der Waals surface area contributed by atoms with E-state index in [1.54, 1.807) is 7.05 Å². The number of benzene rings is 3. The van der Waals surface area contributed by atoms with Gasteiger partial charge in [-0.2, -0.15) is 0 Å². The number of rotatable bonds is 2. The number of hydrogen-bond donors (Lipinski definition) is 1. The standard InChI is InChI=1S/C33H35N3O3/c1-8-24-18(5)17(4)19(6)33(39-24)36-23-14-16(3)10-12-21(23)26-28-27(31(37)35(7)32(28)38)25-20-11-9-15(2)13-22(20)34-29(25)30(26)36/h9-14,17-19,24,33-34H,8H2,1-7H3. The molecule has 5 aromatic rings. The summed E-state index contributed by atoms with van der Waals surface area (Å²) in [7, 11) is 1.59. The average Bonchev–Trinajstić information content (AvgIpc) is 3.51. The van der Waals surface area contributed by atoms with Gasteiger partial charge < -0.3 is 14.3 Å². The fourth-order valence-corrected chi connectivity index (χ4v) is 7.31. The van der Waals surface area contributed by atoms with E-state index in [1.165, 1.54) is 4.90 Å². The van der Waals surface area contributed by atoms with Gasteiger partial charge in [-0.15, -0.1) is 0 Å². The maximum atomic E-state index is 13.8. The highest BCUT2D eigenvalue weighted by molar-refractivity contribution is 6.39. The fraction of sp³-hybridized carbons (Fsp3) is 0.394. The summed E-state index contributed by atoms with van der Waals surface area (Å²) in [5.74, 6) is 0.665. The Morgan fingerprint density at radius 2 is 1.49 bits per heavy atom. The smallest absolute Gasteiger partial charge is 0.262 e. The largest absolute Gasteiger partial charge is 0.354 e. The molecule has 1 N–H and O–H groups in total. The first kappa shape index (κ1) is 24.4. The zero-order valence-electron chi connectivity index (χ0n) is 23.7. The van der Waals surface area contributed by atoms with Crippen molar-refractivity contribution in [1.82, 2.24) is 14.5 Å². The second-order valence-electron chi connectivity index (χ2n) is 12.0. The van der Waals surface area contributed by atoms with Gasteiger partial charge in [-0.1, -0.05) is 52.0 Å². The lowest BCUT2D eigenvalue weighted by molar-refractivity contribution is -0.164. The summed E-state index contributed by atoms with van der Waals surface area (Å²) in [4.78, 5) is 32.4. The molecule has 1 saturated heterocycles. The van der Waals surface area contributed by atoms with Gasteiger partial charge in [0.15, 0.2) is 0 Å². The van der Waals surface area contributed by atoms with Crippen LogP contribution in [-0.4, -0.2) is 39.4 Å². The Balaban J connectivity index is 1.72. The summed E-state index contributed by atoms with van der Waals surface area (Å²) >= 11 is 0. The van der Waals surface area contributed by atoms with E-state index in [-0.39, 0.29) is 30.1 Å². The van der Waals surface area contributed by atoms with Crippen molar-refractivity contribution < 1.29 is 14.3 Å². The highest BCUT2D eigenvalue weighted by atomic mass is 16.5. The number of nitrogens with zero attached hydrogens (tertiary/aromatic N) is 2. The van der Waals surface area contributed by atoms with Crippen LogP contribution in [0.25, 0.3) is 43.6 Å². The molecule has 5 atom stereocenters. The highest BCUT2D eigenvalue weighted by Gasteiger charge is 2.43. The topological polar surface area (TPSA) is 67.3 Å². The van der Waals surface area contributed by atoms with Gasteiger partial charge in [0.2, 0.25) is 0 Å². The van der Waals surface area contributed by atoms with Gasteiger partial charge in [0, 0.05) is 40.0 Å². The molecule has 7 rings (SSSR count). The second kappa shape index (κ2) is 8.18. The van der Waals surface area contributed by atoms with Crippen LogP contribution >= 0.6 is 0 Å². The van der Waals surface area contributed by atoms with Crippen molar-refractivity contribution in [1.29, 1.82) is 0 Å². The molecular weight excluding hydrogens is 486 g/mol. The van der Waals surface area contributed by atoms with E-state index in [2.05, 4.69) is 87.5 Å². The van der Waals surface area contributed by atoms with E-state index >= 15 is 0 Å². The molecule has 2 aliphatic heterocycles. The minimum atomic E-state index is -0.243. The fourth-order valence-electron chi connectivity index (χ4n) is 7.31. The van der Waals surface area contributed by atoms with E-state index in [1.807, 2.05) is 0 Å². The minimum Gasteiger partial charge on any atom is -0.354 e. The molecule has 5 unspecified atom stereocenters. The van der Waals surface area contributed by atoms with Gasteiger partial charge >= 0.3 is 0 Å². The van der Waals surface area contributed by atoms with Crippen LogP contribution in [0.3, 0.4) is 0 Å². The second-order valence-corrected chi connectivity index (χ2v) is 12.0. The van der Waals surface area contributed by atoms with Crippen LogP contribution in [0.15, 0.2) is 36.4 Å². The van der Waals surface area contributed by atoms with Crippen LogP contribution in [0.4, 0.5) is 0 Å². The van der Waals surface area contributed by atoms with Crippen molar-refractivity contribution >= 4 is 55.4 Å². The number of aromatic nitrogens is 2. The number of carbonyl (C=O) groups excluding carboxylic acids is 2. The molecule has 6 heteroatoms. The third-order valence-corrected chi connectivity index (χ3v) is 9.80. The Morgan fingerprint density at radius 1 is 0.846 bits per heavy atom. The SMILES string of the molecule is CCC1OC(n2c3cc(C)ccc3c3c4c(c5c6ccc(C)cc6[nH]c5c32)C(=O)N(C)C4=O)C(C)C(C)C1C. The number of ether oxygens (including phenoxy) is 1. The van der Waals surface area contributed by atoms with Gasteiger partial charge in [0.25, 0.3) is 11.8 Å². The Labute approximate surface area is 227 Å². The lowest BCUT2D eigenvalue weighted by Gasteiger charge is -2.44. The number of H-pyrrole nitrogens is 1. The first-order valence-electron chi connectivity index (χ1n) is 14.1. The van der Waals surface area contributed by atoms with Gasteiger partial charge in [-0.3, -0.25) is 14.5 Å². The quantitative estimate of drug-likeness (QED) is 0.245. The van der Waals surface area contributed by atoms with Gasteiger partial charge in [-0.25, -0.2) is 0 Å². The highest BCUT2D eigenvalue weighted by Crippen LogP contribution is 2.49. The maximum absolute atomic E-state index is 13.8. The summed E-state index contributed by atoms with van der Waals surface area (Å²) in [6.45, 7) is 13.3.